The van der Waals surface area contributed by atoms with Crippen LogP contribution in [0, 0.1) is 11.7 Å². The Morgan fingerprint density at radius 2 is 2.05 bits per heavy atom. The minimum absolute atomic E-state index is 0.0128. The first-order valence-corrected chi connectivity index (χ1v) is 7.74. The highest BCUT2D eigenvalue weighted by atomic mass is 19.1. The molecule has 21 heavy (non-hydrogen) atoms. The van der Waals surface area contributed by atoms with E-state index in [9.17, 15) is 4.39 Å². The maximum Gasteiger partial charge on any atom is 0.131 e. The number of nitrogens with two attached hydrogens (primary N) is 1. The van der Waals surface area contributed by atoms with Gasteiger partial charge in [-0.25, -0.2) is 4.39 Å². The van der Waals surface area contributed by atoms with E-state index in [4.69, 9.17) is 10.5 Å². The number of likely N-dealkylation sites (N-methyl/N-ethyl adjacent to an activating group) is 1. The van der Waals surface area contributed by atoms with Crippen LogP contribution in [0.1, 0.15) is 38.2 Å². The largest absolute Gasteiger partial charge is 0.497 e. The number of hydrogen-bond donors (Lipinski definition) is 1. The Bertz CT molecular complexity index is 470. The van der Waals surface area contributed by atoms with E-state index < -0.39 is 0 Å². The molecule has 4 heteroatoms. The maximum absolute atomic E-state index is 14.1. The molecule has 1 aliphatic rings. The van der Waals surface area contributed by atoms with Crippen LogP contribution in [0.15, 0.2) is 18.2 Å². The Kier molecular flexibility index (Phi) is 5.22. The summed E-state index contributed by atoms with van der Waals surface area (Å²) in [5, 5.41) is 0. The van der Waals surface area contributed by atoms with E-state index in [1.807, 2.05) is 6.07 Å². The van der Waals surface area contributed by atoms with Gasteiger partial charge in [0.05, 0.1) is 7.11 Å². The van der Waals surface area contributed by atoms with Crippen LogP contribution in [0.25, 0.3) is 0 Å². The molecular formula is C17H27FN2O. The fraction of sp³-hybridized carbons (Fsp3) is 0.647. The highest BCUT2D eigenvalue weighted by molar-refractivity contribution is 5.29. The second-order valence-electron chi connectivity index (χ2n) is 6.42. The van der Waals surface area contributed by atoms with Crippen molar-refractivity contribution in [2.45, 2.75) is 44.7 Å². The number of hydrogen-bond acceptors (Lipinski definition) is 3. The molecule has 0 amide bonds. The van der Waals surface area contributed by atoms with Crippen molar-refractivity contribution in [3.8, 4) is 5.75 Å². The zero-order valence-corrected chi connectivity index (χ0v) is 13.4. The van der Waals surface area contributed by atoms with Crippen LogP contribution in [-0.4, -0.2) is 31.1 Å². The van der Waals surface area contributed by atoms with E-state index in [2.05, 4.69) is 18.9 Å². The normalized spacial score (nSPS) is 26.1. The fourth-order valence-electron chi connectivity index (χ4n) is 3.25. The summed E-state index contributed by atoms with van der Waals surface area (Å²) in [5.74, 6) is 1.12. The minimum Gasteiger partial charge on any atom is -0.497 e. The summed E-state index contributed by atoms with van der Waals surface area (Å²) in [6.45, 7) is 3.51. The van der Waals surface area contributed by atoms with Crippen molar-refractivity contribution in [1.82, 2.24) is 4.90 Å². The number of ether oxygens (including phenoxy) is 1. The van der Waals surface area contributed by atoms with Crippen molar-refractivity contribution in [2.75, 3.05) is 20.7 Å². The monoisotopic (exact) mass is 294 g/mol. The van der Waals surface area contributed by atoms with Gasteiger partial charge >= 0.3 is 0 Å². The average molecular weight is 294 g/mol. The first-order valence-electron chi connectivity index (χ1n) is 7.74. The van der Waals surface area contributed by atoms with Gasteiger partial charge in [-0.15, -0.1) is 0 Å². The van der Waals surface area contributed by atoms with Crippen molar-refractivity contribution >= 4 is 0 Å². The molecule has 0 aliphatic heterocycles. The van der Waals surface area contributed by atoms with Crippen LogP contribution in [0.3, 0.4) is 0 Å². The molecule has 2 N–H and O–H groups in total. The topological polar surface area (TPSA) is 38.5 Å². The standard InChI is InChI=1S/C17H27FN2O/c1-13-6-8-17(12-19,9-7-13)20(2)11-14-4-5-15(21-3)10-16(14)18/h4-5,10,13H,6-9,11-12,19H2,1-3H3. The molecule has 1 aromatic rings. The lowest BCUT2D eigenvalue weighted by molar-refractivity contribution is 0.0607. The van der Waals surface area contributed by atoms with Crippen molar-refractivity contribution in [3.63, 3.8) is 0 Å². The Labute approximate surface area is 127 Å². The summed E-state index contributed by atoms with van der Waals surface area (Å²) < 4.78 is 19.2. The Morgan fingerprint density at radius 1 is 1.38 bits per heavy atom. The zero-order chi connectivity index (χ0) is 15.5. The molecule has 0 atom stereocenters. The lowest BCUT2D eigenvalue weighted by Gasteiger charge is -2.45. The third-order valence-corrected chi connectivity index (χ3v) is 5.06. The first-order chi connectivity index (χ1) is 10.0. The van der Waals surface area contributed by atoms with Crippen LogP contribution < -0.4 is 10.5 Å². The molecule has 0 unspecified atom stereocenters. The molecule has 1 saturated carbocycles. The highest BCUT2D eigenvalue weighted by Crippen LogP contribution is 2.36. The SMILES string of the molecule is COc1ccc(CN(C)C2(CN)CCC(C)CC2)c(F)c1. The lowest BCUT2D eigenvalue weighted by Crippen LogP contribution is -2.53. The molecule has 0 aromatic heterocycles. The van der Waals surface area contributed by atoms with Gasteiger partial charge in [0.1, 0.15) is 11.6 Å². The summed E-state index contributed by atoms with van der Waals surface area (Å²) in [7, 11) is 3.61. The molecule has 1 aliphatic carbocycles. The zero-order valence-electron chi connectivity index (χ0n) is 13.4. The Balaban J connectivity index is 2.10. The molecule has 3 nitrogen and oxygen atoms in total. The fourth-order valence-corrected chi connectivity index (χ4v) is 3.25. The summed E-state index contributed by atoms with van der Waals surface area (Å²) in [6, 6.07) is 5.06. The van der Waals surface area contributed by atoms with Crippen LogP contribution in [0.5, 0.6) is 5.75 Å². The maximum atomic E-state index is 14.1. The lowest BCUT2D eigenvalue weighted by atomic mass is 9.76. The van der Waals surface area contributed by atoms with E-state index in [1.54, 1.807) is 13.2 Å². The molecule has 0 saturated heterocycles. The van der Waals surface area contributed by atoms with Crippen molar-refractivity contribution < 1.29 is 9.13 Å². The number of benzene rings is 1. The van der Waals surface area contributed by atoms with Crippen LogP contribution in [0.4, 0.5) is 4.39 Å². The van der Waals surface area contributed by atoms with Gasteiger partial charge in [-0.05, 0) is 44.7 Å². The summed E-state index contributed by atoms with van der Waals surface area (Å²) in [5.41, 5.74) is 6.78. The van der Waals surface area contributed by atoms with Gasteiger partial charge in [0.2, 0.25) is 0 Å². The number of rotatable bonds is 5. The second kappa shape index (κ2) is 6.75. The van der Waals surface area contributed by atoms with E-state index in [-0.39, 0.29) is 11.4 Å². The molecule has 1 aromatic carbocycles. The molecule has 1 fully saturated rings. The van der Waals surface area contributed by atoms with E-state index in [1.165, 1.54) is 18.9 Å². The number of nitrogens with zero attached hydrogens (tertiary/aromatic N) is 1. The summed E-state index contributed by atoms with van der Waals surface area (Å²) >= 11 is 0. The third kappa shape index (κ3) is 3.55. The molecule has 118 valence electrons. The van der Waals surface area contributed by atoms with E-state index >= 15 is 0 Å². The third-order valence-electron chi connectivity index (χ3n) is 5.06. The number of halogens is 1. The van der Waals surface area contributed by atoms with Gasteiger partial charge in [0.25, 0.3) is 0 Å². The van der Waals surface area contributed by atoms with Gasteiger partial charge in [-0.3, -0.25) is 4.90 Å². The van der Waals surface area contributed by atoms with Crippen LogP contribution >= 0.6 is 0 Å². The first kappa shape index (κ1) is 16.2. The average Bonchev–Trinajstić information content (AvgIpc) is 2.50. The molecular weight excluding hydrogens is 267 g/mol. The van der Waals surface area contributed by atoms with Crippen molar-refractivity contribution in [2.24, 2.45) is 11.7 Å². The highest BCUT2D eigenvalue weighted by Gasteiger charge is 2.36. The molecule has 0 bridgehead atoms. The van der Waals surface area contributed by atoms with Gasteiger partial charge in [0, 0.05) is 30.3 Å². The predicted molar refractivity (Wildman–Crippen MR) is 83.8 cm³/mol. The van der Waals surface area contributed by atoms with Gasteiger partial charge in [-0.2, -0.15) is 0 Å². The quantitative estimate of drug-likeness (QED) is 0.906. The molecule has 0 heterocycles. The molecule has 0 radical (unpaired) electrons. The second-order valence-corrected chi connectivity index (χ2v) is 6.42. The van der Waals surface area contributed by atoms with Crippen molar-refractivity contribution in [3.05, 3.63) is 29.6 Å². The van der Waals surface area contributed by atoms with Gasteiger partial charge in [0.15, 0.2) is 0 Å². The van der Waals surface area contributed by atoms with Crippen LogP contribution in [0.2, 0.25) is 0 Å². The van der Waals surface area contributed by atoms with Gasteiger partial charge < -0.3 is 10.5 Å². The van der Waals surface area contributed by atoms with E-state index in [0.717, 1.165) is 18.8 Å². The number of methoxy groups -OCH3 is 1. The Hall–Kier alpha value is -1.13. The summed E-state index contributed by atoms with van der Waals surface area (Å²) in [4.78, 5) is 2.24. The minimum atomic E-state index is -0.211. The van der Waals surface area contributed by atoms with Crippen LogP contribution in [-0.2, 0) is 6.54 Å². The molecule has 2 rings (SSSR count). The van der Waals surface area contributed by atoms with Crippen molar-refractivity contribution in [1.29, 1.82) is 0 Å². The Morgan fingerprint density at radius 3 is 2.57 bits per heavy atom. The smallest absolute Gasteiger partial charge is 0.131 e. The predicted octanol–water partition coefficient (Wildman–Crippen LogP) is 3.17. The van der Waals surface area contributed by atoms with Gasteiger partial charge in [-0.1, -0.05) is 13.0 Å². The molecule has 0 spiro atoms. The summed E-state index contributed by atoms with van der Waals surface area (Å²) in [6.07, 6.45) is 4.59. The van der Waals surface area contributed by atoms with E-state index in [0.29, 0.717) is 24.4 Å².